The maximum atomic E-state index is 2.88. The fourth-order valence-electron chi connectivity index (χ4n) is 14.2. The molecule has 71 heavy (non-hydrogen) atoms. The first-order chi connectivity index (χ1) is 33.8. The van der Waals surface area contributed by atoms with E-state index in [-0.39, 0.29) is 42.1 Å². The van der Waals surface area contributed by atoms with E-state index in [0.717, 1.165) is 0 Å². The second-order valence-corrected chi connectivity index (χ2v) is 26.1. The smallest absolute Gasteiger partial charge is 0.329 e. The van der Waals surface area contributed by atoms with Crippen molar-refractivity contribution in [1.29, 1.82) is 0 Å². The molecule has 0 unspecified atom stereocenters. The Morgan fingerprint density at radius 2 is 0.704 bits per heavy atom. The molecule has 6 heterocycles. The van der Waals surface area contributed by atoms with Crippen molar-refractivity contribution < 1.29 is 0 Å². The zero-order valence-electron chi connectivity index (χ0n) is 43.4. The van der Waals surface area contributed by atoms with Gasteiger partial charge in [-0.15, -0.1) is 0 Å². The van der Waals surface area contributed by atoms with Crippen LogP contribution >= 0.6 is 0 Å². The van der Waals surface area contributed by atoms with Crippen molar-refractivity contribution in [3.8, 4) is 44.5 Å². The van der Waals surface area contributed by atoms with E-state index in [1.807, 2.05) is 0 Å². The van der Waals surface area contributed by atoms with Crippen LogP contribution in [0, 0.1) is 0 Å². The Morgan fingerprint density at radius 3 is 1.11 bits per heavy atom. The number of nitrogens with zero attached hydrogens (tertiary/aromatic N) is 2. The van der Waals surface area contributed by atoms with Crippen LogP contribution in [0.1, 0.15) is 105 Å². The fraction of sp³-hybridized carbons (Fsp3) is 0.242. The molecule has 342 valence electrons. The molecule has 6 aliphatic heterocycles. The van der Waals surface area contributed by atoms with E-state index in [1.54, 1.807) is 0 Å². The minimum atomic E-state index is -0.0924. The molecule has 0 bridgehead atoms. The third kappa shape index (κ3) is 5.33. The molecule has 15 rings (SSSR count). The van der Waals surface area contributed by atoms with Gasteiger partial charge >= 0.3 is 13.7 Å². The van der Waals surface area contributed by atoms with Crippen molar-refractivity contribution in [1.82, 2.24) is 0 Å². The monoisotopic (exact) mass is 912 g/mol. The van der Waals surface area contributed by atoms with Crippen molar-refractivity contribution in [2.24, 2.45) is 0 Å². The highest BCUT2D eigenvalue weighted by Crippen LogP contribution is 2.57. The normalized spacial score (nSPS) is 15.2. The number of rotatable bonds is 0. The lowest BCUT2D eigenvalue weighted by molar-refractivity contribution is 0.590. The lowest BCUT2D eigenvalue weighted by atomic mass is 9.28. The van der Waals surface area contributed by atoms with Gasteiger partial charge in [0.25, 0.3) is 6.71 Å². The van der Waals surface area contributed by atoms with Crippen LogP contribution in [-0.4, -0.2) is 20.4 Å². The standard InChI is InChI=1S/C66H59B3N2/c1-63(2,3)38-23-25-44-46-35-47-45-26-24-39(64(4,5)6)32-53(45)69-51-28-22-37-18-14-16-20-43(37)57(51)49-30-41(66(10,11)12)34-55-60(49)71(69)62(47)58-61(46)70-59-48(29-40(65(7,8)9)33-54(59)67(55)58)56-42-19-15-13-17-36(42)21-27-50(56)68(70)52(44)31-38/h13-35H,1-12H3. The average molecular weight is 913 g/mol. The van der Waals surface area contributed by atoms with Crippen molar-refractivity contribution in [3.05, 3.63) is 162 Å². The first-order valence-electron chi connectivity index (χ1n) is 26.3. The van der Waals surface area contributed by atoms with Crippen LogP contribution in [-0.2, 0) is 21.7 Å². The minimum Gasteiger partial charge on any atom is -0.377 e. The highest BCUT2D eigenvalue weighted by Gasteiger charge is 2.57. The summed E-state index contributed by atoms with van der Waals surface area (Å²) >= 11 is 0. The Hall–Kier alpha value is -6.71. The summed E-state index contributed by atoms with van der Waals surface area (Å²) in [4.78, 5) is 5.76. The third-order valence-electron chi connectivity index (χ3n) is 17.8. The van der Waals surface area contributed by atoms with Gasteiger partial charge in [0.15, 0.2) is 0 Å². The first-order valence-corrected chi connectivity index (χ1v) is 26.3. The Kier molecular flexibility index (Phi) is 7.83. The highest BCUT2D eigenvalue weighted by atomic mass is 15.1. The Balaban J connectivity index is 1.19. The highest BCUT2D eigenvalue weighted by molar-refractivity contribution is 7.06. The largest absolute Gasteiger partial charge is 0.377 e. The second kappa shape index (κ2) is 13.2. The summed E-state index contributed by atoms with van der Waals surface area (Å²) in [6, 6.07) is 56.4. The molecule has 0 saturated heterocycles. The van der Waals surface area contributed by atoms with Gasteiger partial charge in [-0.25, -0.2) is 0 Å². The predicted octanol–water partition coefficient (Wildman–Crippen LogP) is 12.1. The fourth-order valence-corrected chi connectivity index (χ4v) is 14.2. The van der Waals surface area contributed by atoms with Crippen LogP contribution in [0.5, 0.6) is 0 Å². The molecule has 0 radical (unpaired) electrons. The lowest BCUT2D eigenvalue weighted by Gasteiger charge is -2.55. The van der Waals surface area contributed by atoms with Gasteiger partial charge in [-0.05, 0) is 144 Å². The molecule has 6 aliphatic rings. The SMILES string of the molecule is CC(C)(C)c1ccc2c(c1)B1c3ccc4ccccc4c3-c3cc(C(C)(C)C)cc4c3N1c1c-2cc2c3c1B4c1cc(C(C)(C)C)cc4c1N3B(c1cc(C(C)(C)C)ccc1-2)c1ccc2ccccc2c1-4. The molecule has 5 heteroatoms. The molecule has 0 N–H and O–H groups in total. The number of anilines is 4. The topological polar surface area (TPSA) is 6.48 Å². The van der Waals surface area contributed by atoms with Crippen molar-refractivity contribution in [2.75, 3.05) is 9.62 Å². The molecule has 0 saturated carbocycles. The van der Waals surface area contributed by atoms with Gasteiger partial charge in [-0.1, -0.05) is 204 Å². The van der Waals surface area contributed by atoms with Gasteiger partial charge in [0.2, 0.25) is 0 Å². The van der Waals surface area contributed by atoms with E-state index in [0.29, 0.717) is 0 Å². The first kappa shape index (κ1) is 42.0. The zero-order chi connectivity index (χ0) is 48.7. The van der Waals surface area contributed by atoms with Crippen molar-refractivity contribution in [2.45, 2.75) is 105 Å². The molecule has 2 nitrogen and oxygen atoms in total. The molecule has 0 atom stereocenters. The van der Waals surface area contributed by atoms with Crippen molar-refractivity contribution >= 4 is 103 Å². The minimum absolute atomic E-state index is 0.00144. The molecule has 0 fully saturated rings. The van der Waals surface area contributed by atoms with Gasteiger partial charge in [0.1, 0.15) is 0 Å². The molecule has 0 aliphatic carbocycles. The second-order valence-electron chi connectivity index (χ2n) is 26.1. The summed E-state index contributed by atoms with van der Waals surface area (Å²) in [6.07, 6.45) is 0. The van der Waals surface area contributed by atoms with Gasteiger partial charge in [-0.3, -0.25) is 0 Å². The Morgan fingerprint density at radius 1 is 0.310 bits per heavy atom. The number of benzene rings is 9. The summed E-state index contributed by atoms with van der Waals surface area (Å²) < 4.78 is 0. The van der Waals surface area contributed by atoms with E-state index >= 15 is 0 Å². The summed E-state index contributed by atoms with van der Waals surface area (Å²) in [6.45, 7) is 28.7. The van der Waals surface area contributed by atoms with Gasteiger partial charge in [-0.2, -0.15) is 0 Å². The van der Waals surface area contributed by atoms with Gasteiger partial charge in [0, 0.05) is 45.0 Å². The number of fused-ring (bicyclic) bond motifs is 18. The van der Waals surface area contributed by atoms with E-state index in [2.05, 4.69) is 232 Å². The van der Waals surface area contributed by atoms with E-state index in [4.69, 9.17) is 0 Å². The van der Waals surface area contributed by atoms with E-state index in [1.165, 1.54) is 149 Å². The summed E-state index contributed by atoms with van der Waals surface area (Å²) in [7, 11) is 0. The quantitative estimate of drug-likeness (QED) is 0.140. The number of hydrogen-bond acceptors (Lipinski definition) is 2. The van der Waals surface area contributed by atoms with E-state index < -0.39 is 0 Å². The van der Waals surface area contributed by atoms with Crippen LogP contribution in [0.25, 0.3) is 66.1 Å². The molecule has 0 aromatic heterocycles. The summed E-state index contributed by atoms with van der Waals surface area (Å²) in [5.74, 6) is 0. The lowest BCUT2D eigenvalue weighted by Crippen LogP contribution is -2.72. The van der Waals surface area contributed by atoms with E-state index in [9.17, 15) is 0 Å². The average Bonchev–Trinajstić information content (AvgIpc) is 3.33. The summed E-state index contributed by atoms with van der Waals surface area (Å²) in [5.41, 5.74) is 31.9. The molecule has 9 aromatic carbocycles. The maximum Gasteiger partial charge on any atom is 0.329 e. The third-order valence-corrected chi connectivity index (χ3v) is 17.8. The van der Waals surface area contributed by atoms with Crippen LogP contribution in [0.3, 0.4) is 0 Å². The molecule has 0 spiro atoms. The molecule has 9 aromatic rings. The molecular weight excluding hydrogens is 853 g/mol. The van der Waals surface area contributed by atoms with Crippen LogP contribution in [0.2, 0.25) is 0 Å². The van der Waals surface area contributed by atoms with Crippen LogP contribution < -0.4 is 47.9 Å². The Bertz CT molecular complexity index is 3710. The van der Waals surface area contributed by atoms with Crippen molar-refractivity contribution in [3.63, 3.8) is 0 Å². The predicted molar refractivity (Wildman–Crippen MR) is 310 cm³/mol. The zero-order valence-corrected chi connectivity index (χ0v) is 43.4. The number of hydrogen-bond donors (Lipinski definition) is 0. The van der Waals surface area contributed by atoms with Crippen LogP contribution in [0.15, 0.2) is 140 Å². The summed E-state index contributed by atoms with van der Waals surface area (Å²) in [5, 5.41) is 5.27. The van der Waals surface area contributed by atoms with Gasteiger partial charge < -0.3 is 9.62 Å². The Labute approximate surface area is 421 Å². The van der Waals surface area contributed by atoms with Crippen LogP contribution in [0.4, 0.5) is 22.7 Å². The maximum absolute atomic E-state index is 2.88. The molecule has 0 amide bonds. The van der Waals surface area contributed by atoms with Gasteiger partial charge in [0.05, 0.1) is 0 Å². The molecular formula is C66H59B3N2.